The summed E-state index contributed by atoms with van der Waals surface area (Å²) in [5.41, 5.74) is 1.32. The summed E-state index contributed by atoms with van der Waals surface area (Å²) in [6, 6.07) is 8.15. The molecule has 1 saturated carbocycles. The Morgan fingerprint density at radius 2 is 1.80 bits per heavy atom. The maximum atomic E-state index is 12.5. The quantitative estimate of drug-likeness (QED) is 0.798. The number of rotatable bonds is 2. The Balaban J connectivity index is 1.71. The predicted molar refractivity (Wildman–Crippen MR) is 82.0 cm³/mol. The van der Waals surface area contributed by atoms with Crippen LogP contribution < -0.4 is 0 Å². The zero-order valence-electron chi connectivity index (χ0n) is 11.9. The molecule has 1 saturated heterocycles. The number of benzene rings is 1. The Bertz CT molecular complexity index is 466. The van der Waals surface area contributed by atoms with Gasteiger partial charge in [0.1, 0.15) is 0 Å². The molecule has 1 aromatic carbocycles. The summed E-state index contributed by atoms with van der Waals surface area (Å²) in [6.07, 6.45) is 6.95. The highest BCUT2D eigenvalue weighted by Crippen LogP contribution is 2.32. The van der Waals surface area contributed by atoms with Crippen molar-refractivity contribution in [2.75, 3.05) is 13.1 Å². The lowest BCUT2D eigenvalue weighted by Gasteiger charge is -2.32. The van der Waals surface area contributed by atoms with E-state index in [1.807, 2.05) is 12.1 Å². The van der Waals surface area contributed by atoms with Crippen molar-refractivity contribution in [2.45, 2.75) is 44.4 Å². The average molecular weight is 292 g/mol. The molecule has 0 unspecified atom stereocenters. The van der Waals surface area contributed by atoms with Crippen LogP contribution in [0.15, 0.2) is 24.3 Å². The van der Waals surface area contributed by atoms with Crippen LogP contribution >= 0.6 is 11.6 Å². The molecule has 1 aromatic rings. The van der Waals surface area contributed by atoms with E-state index < -0.39 is 0 Å². The fourth-order valence-corrected chi connectivity index (χ4v) is 3.39. The first kappa shape index (κ1) is 13.9. The number of halogens is 1. The van der Waals surface area contributed by atoms with Gasteiger partial charge in [0, 0.05) is 29.9 Å². The Kier molecular flexibility index (Phi) is 4.30. The van der Waals surface area contributed by atoms with Crippen LogP contribution in [0.25, 0.3) is 0 Å². The Hall–Kier alpha value is -1.02. The highest BCUT2D eigenvalue weighted by Gasteiger charge is 2.31. The molecule has 0 N–H and O–H groups in total. The lowest BCUT2D eigenvalue weighted by atomic mass is 9.84. The summed E-state index contributed by atoms with van der Waals surface area (Å²) in [5.74, 6) is 1.19. The second kappa shape index (κ2) is 6.17. The number of carbonyl (C=O) groups is 1. The van der Waals surface area contributed by atoms with Crippen LogP contribution in [0.3, 0.4) is 0 Å². The molecule has 1 atom stereocenters. The maximum Gasteiger partial charge on any atom is 0.225 e. The standard InChI is InChI=1S/C17H22ClNO/c18-16-9-7-13(8-10-16)15-4-1-2-11-19(12-15)17(20)14-5-3-6-14/h7-10,14-15H,1-6,11-12H2/t15-/m0/s1. The molecule has 1 aliphatic heterocycles. The molecule has 0 radical (unpaired) electrons. The van der Waals surface area contributed by atoms with Crippen LogP contribution in [0, 0.1) is 5.92 Å². The van der Waals surface area contributed by atoms with E-state index in [0.29, 0.717) is 17.7 Å². The number of hydrogen-bond acceptors (Lipinski definition) is 1. The largest absolute Gasteiger partial charge is 0.342 e. The van der Waals surface area contributed by atoms with Crippen molar-refractivity contribution in [3.63, 3.8) is 0 Å². The number of amides is 1. The minimum atomic E-state index is 0.318. The van der Waals surface area contributed by atoms with E-state index in [-0.39, 0.29) is 0 Å². The van der Waals surface area contributed by atoms with E-state index in [2.05, 4.69) is 17.0 Å². The van der Waals surface area contributed by atoms with Crippen molar-refractivity contribution in [2.24, 2.45) is 5.92 Å². The maximum absolute atomic E-state index is 12.5. The van der Waals surface area contributed by atoms with Crippen molar-refractivity contribution in [3.8, 4) is 0 Å². The molecule has 2 aliphatic rings. The van der Waals surface area contributed by atoms with Gasteiger partial charge in [0.2, 0.25) is 5.91 Å². The summed E-state index contributed by atoms with van der Waals surface area (Å²) in [7, 11) is 0. The molecular formula is C17H22ClNO. The van der Waals surface area contributed by atoms with Crippen molar-refractivity contribution in [1.82, 2.24) is 4.90 Å². The second-order valence-corrected chi connectivity index (χ2v) is 6.59. The van der Waals surface area contributed by atoms with Crippen molar-refractivity contribution < 1.29 is 4.79 Å². The second-order valence-electron chi connectivity index (χ2n) is 6.16. The molecule has 0 spiro atoms. The average Bonchev–Trinajstić information content (AvgIpc) is 2.63. The van der Waals surface area contributed by atoms with Crippen LogP contribution in [-0.4, -0.2) is 23.9 Å². The van der Waals surface area contributed by atoms with Crippen molar-refractivity contribution >= 4 is 17.5 Å². The van der Waals surface area contributed by atoms with Crippen LogP contribution in [0.2, 0.25) is 5.02 Å². The lowest BCUT2D eigenvalue weighted by molar-refractivity contribution is -0.138. The first-order valence-corrected chi connectivity index (χ1v) is 8.16. The fraction of sp³-hybridized carbons (Fsp3) is 0.588. The molecule has 108 valence electrons. The molecule has 2 nitrogen and oxygen atoms in total. The van der Waals surface area contributed by atoms with Crippen LogP contribution in [0.5, 0.6) is 0 Å². The van der Waals surface area contributed by atoms with Gasteiger partial charge in [0.25, 0.3) is 0 Å². The zero-order chi connectivity index (χ0) is 13.9. The molecule has 2 fully saturated rings. The van der Waals surface area contributed by atoms with Gasteiger partial charge in [-0.2, -0.15) is 0 Å². The smallest absolute Gasteiger partial charge is 0.225 e. The number of likely N-dealkylation sites (tertiary alicyclic amines) is 1. The molecule has 1 amide bonds. The summed E-state index contributed by atoms with van der Waals surface area (Å²) in [5, 5.41) is 0.782. The summed E-state index contributed by atoms with van der Waals surface area (Å²) < 4.78 is 0. The third-order valence-corrected chi connectivity index (χ3v) is 5.03. The Morgan fingerprint density at radius 1 is 1.05 bits per heavy atom. The van der Waals surface area contributed by atoms with Crippen molar-refractivity contribution in [3.05, 3.63) is 34.9 Å². The van der Waals surface area contributed by atoms with E-state index in [1.165, 1.54) is 24.8 Å². The topological polar surface area (TPSA) is 20.3 Å². The first-order chi connectivity index (χ1) is 9.74. The van der Waals surface area contributed by atoms with Gasteiger partial charge in [-0.1, -0.05) is 36.6 Å². The molecular weight excluding hydrogens is 270 g/mol. The Labute approximate surface area is 126 Å². The SMILES string of the molecule is O=C(C1CCC1)N1CCCC[C@H](c2ccc(Cl)cc2)C1. The summed E-state index contributed by atoms with van der Waals surface area (Å²) >= 11 is 5.97. The third kappa shape index (κ3) is 3.01. The zero-order valence-corrected chi connectivity index (χ0v) is 12.6. The molecule has 3 rings (SSSR count). The monoisotopic (exact) mass is 291 g/mol. The highest BCUT2D eigenvalue weighted by atomic mass is 35.5. The van der Waals surface area contributed by atoms with Gasteiger partial charge >= 0.3 is 0 Å². The van der Waals surface area contributed by atoms with Gasteiger partial charge in [-0.15, -0.1) is 0 Å². The van der Waals surface area contributed by atoms with Gasteiger partial charge in [-0.25, -0.2) is 0 Å². The van der Waals surface area contributed by atoms with Gasteiger partial charge in [0.15, 0.2) is 0 Å². The van der Waals surface area contributed by atoms with Crippen LogP contribution in [-0.2, 0) is 4.79 Å². The predicted octanol–water partition coefficient (Wildman–Crippen LogP) is 4.24. The van der Waals surface area contributed by atoms with Crippen LogP contribution in [0.1, 0.15) is 50.0 Å². The van der Waals surface area contributed by atoms with E-state index in [1.54, 1.807) is 0 Å². The molecule has 1 aliphatic carbocycles. The van der Waals surface area contributed by atoms with Crippen molar-refractivity contribution in [1.29, 1.82) is 0 Å². The van der Waals surface area contributed by atoms with E-state index in [0.717, 1.165) is 37.4 Å². The van der Waals surface area contributed by atoms with E-state index in [9.17, 15) is 4.79 Å². The minimum absolute atomic E-state index is 0.318. The molecule has 1 heterocycles. The number of hydrogen-bond donors (Lipinski definition) is 0. The molecule has 0 bridgehead atoms. The minimum Gasteiger partial charge on any atom is -0.342 e. The van der Waals surface area contributed by atoms with Gasteiger partial charge in [0.05, 0.1) is 0 Å². The third-order valence-electron chi connectivity index (χ3n) is 4.78. The van der Waals surface area contributed by atoms with Crippen LogP contribution in [0.4, 0.5) is 0 Å². The molecule has 3 heteroatoms. The van der Waals surface area contributed by atoms with E-state index >= 15 is 0 Å². The summed E-state index contributed by atoms with van der Waals surface area (Å²) in [4.78, 5) is 14.6. The Morgan fingerprint density at radius 3 is 2.45 bits per heavy atom. The molecule has 20 heavy (non-hydrogen) atoms. The number of carbonyl (C=O) groups excluding carboxylic acids is 1. The van der Waals surface area contributed by atoms with Gasteiger partial charge in [-0.3, -0.25) is 4.79 Å². The highest BCUT2D eigenvalue weighted by molar-refractivity contribution is 6.30. The normalized spacial score (nSPS) is 24.1. The van der Waals surface area contributed by atoms with Gasteiger partial charge < -0.3 is 4.90 Å². The van der Waals surface area contributed by atoms with E-state index in [4.69, 9.17) is 11.6 Å². The number of nitrogens with zero attached hydrogens (tertiary/aromatic N) is 1. The lowest BCUT2D eigenvalue weighted by Crippen LogP contribution is -2.40. The molecule has 0 aromatic heterocycles. The first-order valence-electron chi connectivity index (χ1n) is 7.78. The summed E-state index contributed by atoms with van der Waals surface area (Å²) in [6.45, 7) is 1.83. The van der Waals surface area contributed by atoms with Gasteiger partial charge in [-0.05, 0) is 43.4 Å². The fourth-order valence-electron chi connectivity index (χ4n) is 3.26.